The lowest BCUT2D eigenvalue weighted by Gasteiger charge is -2.02. The molecule has 1 aromatic heterocycles. The van der Waals surface area contributed by atoms with Crippen molar-refractivity contribution in [1.82, 2.24) is 5.32 Å². The van der Waals surface area contributed by atoms with Crippen LogP contribution in [0.4, 0.5) is 5.69 Å². The molecule has 0 radical (unpaired) electrons. The molecule has 1 N–H and O–H groups in total. The van der Waals surface area contributed by atoms with E-state index in [2.05, 4.69) is 32.3 Å². The Morgan fingerprint density at radius 1 is 1.07 bits per heavy atom. The van der Waals surface area contributed by atoms with Crippen LogP contribution in [0, 0.1) is 13.8 Å². The topological polar surface area (TPSA) is 54.6 Å². The van der Waals surface area contributed by atoms with Crippen LogP contribution in [0.2, 0.25) is 0 Å². The fourth-order valence-electron chi connectivity index (χ4n) is 2.85. The van der Waals surface area contributed by atoms with Crippen LogP contribution in [0.15, 0.2) is 73.4 Å². The van der Waals surface area contributed by atoms with Crippen molar-refractivity contribution in [3.05, 3.63) is 80.9 Å². The Labute approximate surface area is 175 Å². The van der Waals surface area contributed by atoms with Gasteiger partial charge in [0, 0.05) is 16.1 Å². The molecular formula is C22H17BrN2O2S. The molecule has 0 atom stereocenters. The van der Waals surface area contributed by atoms with E-state index in [-0.39, 0.29) is 5.91 Å². The normalized spacial score (nSPS) is 16.8. The summed E-state index contributed by atoms with van der Waals surface area (Å²) in [6.07, 6.45) is 1.74. The molecule has 1 aliphatic rings. The van der Waals surface area contributed by atoms with Crippen LogP contribution in [-0.2, 0) is 4.79 Å². The van der Waals surface area contributed by atoms with Crippen molar-refractivity contribution in [3.63, 3.8) is 0 Å². The maximum Gasteiger partial charge on any atom is 0.264 e. The van der Waals surface area contributed by atoms with E-state index in [9.17, 15) is 4.79 Å². The minimum atomic E-state index is -0.171. The second-order valence-corrected chi connectivity index (χ2v) is 8.43. The van der Waals surface area contributed by atoms with Crippen LogP contribution in [0.25, 0.3) is 17.4 Å². The first-order chi connectivity index (χ1) is 13.5. The van der Waals surface area contributed by atoms with Crippen molar-refractivity contribution in [2.45, 2.75) is 13.8 Å². The van der Waals surface area contributed by atoms with E-state index in [1.807, 2.05) is 62.4 Å². The summed E-state index contributed by atoms with van der Waals surface area (Å²) in [4.78, 5) is 17.4. The number of rotatable bonds is 3. The highest BCUT2D eigenvalue weighted by molar-refractivity contribution is 9.10. The minimum Gasteiger partial charge on any atom is -0.457 e. The summed E-state index contributed by atoms with van der Waals surface area (Å²) in [5, 5.41) is 3.39. The van der Waals surface area contributed by atoms with Crippen LogP contribution < -0.4 is 5.32 Å². The number of hydrogen-bond donors (Lipinski definition) is 1. The molecule has 140 valence electrons. The smallest absolute Gasteiger partial charge is 0.264 e. The van der Waals surface area contributed by atoms with E-state index in [0.29, 0.717) is 15.8 Å². The van der Waals surface area contributed by atoms with Crippen LogP contribution in [0.3, 0.4) is 0 Å². The maximum atomic E-state index is 12.3. The number of aryl methyl sites for hydroxylation is 2. The Kier molecular flexibility index (Phi) is 5.24. The summed E-state index contributed by atoms with van der Waals surface area (Å²) in [6.45, 7) is 4.06. The predicted molar refractivity (Wildman–Crippen MR) is 119 cm³/mol. The molecule has 0 spiro atoms. The average molecular weight is 453 g/mol. The number of benzene rings is 2. The fourth-order valence-corrected chi connectivity index (χ4v) is 3.93. The number of nitrogens with one attached hydrogen (secondary N) is 1. The van der Waals surface area contributed by atoms with Gasteiger partial charge in [-0.05, 0) is 61.5 Å². The number of carbonyl (C=O) groups is 1. The quantitative estimate of drug-likeness (QED) is 0.480. The van der Waals surface area contributed by atoms with Crippen LogP contribution in [-0.4, -0.2) is 11.1 Å². The number of furan rings is 1. The van der Waals surface area contributed by atoms with Crippen molar-refractivity contribution in [2.24, 2.45) is 4.99 Å². The number of carbonyl (C=O) groups excluding carboxylic acids is 1. The summed E-state index contributed by atoms with van der Waals surface area (Å²) in [7, 11) is 0. The summed E-state index contributed by atoms with van der Waals surface area (Å²) < 4.78 is 6.89. The van der Waals surface area contributed by atoms with Crippen LogP contribution >= 0.6 is 27.7 Å². The maximum absolute atomic E-state index is 12.3. The van der Waals surface area contributed by atoms with Crippen molar-refractivity contribution in [1.29, 1.82) is 0 Å². The Hall–Kier alpha value is -2.57. The van der Waals surface area contributed by atoms with E-state index in [1.165, 1.54) is 17.3 Å². The van der Waals surface area contributed by atoms with Gasteiger partial charge in [0.05, 0.1) is 10.6 Å². The molecule has 0 saturated carbocycles. The molecule has 1 fully saturated rings. The summed E-state index contributed by atoms with van der Waals surface area (Å²) in [6, 6.07) is 17.7. The zero-order chi connectivity index (χ0) is 19.7. The van der Waals surface area contributed by atoms with E-state index < -0.39 is 0 Å². The first kappa shape index (κ1) is 18.8. The lowest BCUT2D eigenvalue weighted by molar-refractivity contribution is -0.115. The van der Waals surface area contributed by atoms with Gasteiger partial charge in [0.15, 0.2) is 5.17 Å². The summed E-state index contributed by atoms with van der Waals surface area (Å²) >= 11 is 4.74. The summed E-state index contributed by atoms with van der Waals surface area (Å²) in [5.74, 6) is 1.21. The molecule has 4 rings (SSSR count). The summed E-state index contributed by atoms with van der Waals surface area (Å²) in [5.41, 5.74) is 4.09. The van der Waals surface area contributed by atoms with Crippen molar-refractivity contribution in [3.8, 4) is 11.3 Å². The Morgan fingerprint density at radius 3 is 2.61 bits per heavy atom. The Bertz CT molecular complexity index is 1110. The Balaban J connectivity index is 1.55. The first-order valence-corrected chi connectivity index (χ1v) is 10.3. The van der Waals surface area contributed by atoms with Gasteiger partial charge in [-0.1, -0.05) is 45.8 Å². The third-order valence-corrected chi connectivity index (χ3v) is 5.69. The standard InChI is InChI=1S/C22H17BrN2O2S/c1-13-3-9-18(14(2)11-13)24-22-25-21(26)20(28-22)12-17-8-10-19(27-17)15-4-6-16(23)7-5-15/h3-12H,1-2H3,(H,24,25,26)/b20-12+. The highest BCUT2D eigenvalue weighted by Crippen LogP contribution is 2.31. The number of thioether (sulfide) groups is 1. The van der Waals surface area contributed by atoms with E-state index in [4.69, 9.17) is 4.42 Å². The first-order valence-electron chi connectivity index (χ1n) is 8.70. The van der Waals surface area contributed by atoms with Crippen LogP contribution in [0.1, 0.15) is 16.9 Å². The van der Waals surface area contributed by atoms with Gasteiger partial charge in [0.1, 0.15) is 11.5 Å². The number of amides is 1. The molecular weight excluding hydrogens is 436 g/mol. The molecule has 1 saturated heterocycles. The monoisotopic (exact) mass is 452 g/mol. The third-order valence-electron chi connectivity index (χ3n) is 4.25. The molecule has 6 heteroatoms. The van der Waals surface area contributed by atoms with Gasteiger partial charge in [-0.3, -0.25) is 4.79 Å². The highest BCUT2D eigenvalue weighted by atomic mass is 79.9. The number of amidine groups is 1. The zero-order valence-corrected chi connectivity index (χ0v) is 17.7. The predicted octanol–water partition coefficient (Wildman–Crippen LogP) is 6.22. The third kappa shape index (κ3) is 4.13. The molecule has 2 heterocycles. The SMILES string of the molecule is Cc1ccc(N=C2NC(=O)/C(=C\c3ccc(-c4ccc(Br)cc4)o3)S2)c(C)c1. The molecule has 1 amide bonds. The second kappa shape index (κ2) is 7.81. The largest absolute Gasteiger partial charge is 0.457 e. The van der Waals surface area contributed by atoms with Gasteiger partial charge in [-0.15, -0.1) is 0 Å². The van der Waals surface area contributed by atoms with Crippen LogP contribution in [0.5, 0.6) is 0 Å². The van der Waals surface area contributed by atoms with Crippen molar-refractivity contribution in [2.75, 3.05) is 0 Å². The number of aliphatic imine (C=N–C) groups is 1. The molecule has 4 nitrogen and oxygen atoms in total. The molecule has 0 aliphatic carbocycles. The van der Waals surface area contributed by atoms with Gasteiger partial charge >= 0.3 is 0 Å². The van der Waals surface area contributed by atoms with Crippen molar-refractivity contribution >= 4 is 50.5 Å². The van der Waals surface area contributed by atoms with Crippen molar-refractivity contribution < 1.29 is 9.21 Å². The molecule has 1 aliphatic heterocycles. The molecule has 0 bridgehead atoms. The lowest BCUT2D eigenvalue weighted by Crippen LogP contribution is -2.19. The molecule has 28 heavy (non-hydrogen) atoms. The van der Waals surface area contributed by atoms with E-state index in [0.717, 1.165) is 27.0 Å². The Morgan fingerprint density at radius 2 is 1.86 bits per heavy atom. The number of hydrogen-bond acceptors (Lipinski definition) is 4. The van der Waals surface area contributed by atoms with E-state index in [1.54, 1.807) is 6.08 Å². The van der Waals surface area contributed by atoms with Gasteiger partial charge in [-0.2, -0.15) is 0 Å². The molecule has 3 aromatic rings. The molecule has 2 aromatic carbocycles. The second-order valence-electron chi connectivity index (χ2n) is 6.48. The van der Waals surface area contributed by atoms with Gasteiger partial charge in [0.2, 0.25) is 0 Å². The van der Waals surface area contributed by atoms with E-state index >= 15 is 0 Å². The lowest BCUT2D eigenvalue weighted by atomic mass is 10.1. The highest BCUT2D eigenvalue weighted by Gasteiger charge is 2.24. The number of halogens is 1. The average Bonchev–Trinajstić information content (AvgIpc) is 3.25. The van der Waals surface area contributed by atoms with Gasteiger partial charge in [0.25, 0.3) is 5.91 Å². The zero-order valence-electron chi connectivity index (χ0n) is 15.3. The molecule has 0 unspecified atom stereocenters. The van der Waals surface area contributed by atoms with Gasteiger partial charge < -0.3 is 9.73 Å². The minimum absolute atomic E-state index is 0.171. The fraction of sp³-hybridized carbons (Fsp3) is 0.0909. The number of nitrogens with zero attached hydrogens (tertiary/aromatic N) is 1. The van der Waals surface area contributed by atoms with Gasteiger partial charge in [-0.25, -0.2) is 4.99 Å².